The van der Waals surface area contributed by atoms with Gasteiger partial charge in [-0.15, -0.1) is 0 Å². The van der Waals surface area contributed by atoms with E-state index in [4.69, 9.17) is 0 Å². The maximum Gasteiger partial charge on any atom is 0.251 e. The molecule has 2 aromatic heterocycles. The third-order valence-corrected chi connectivity index (χ3v) is 6.29. The molecule has 2 aromatic carbocycles. The Labute approximate surface area is 168 Å². The number of fused-ring (bicyclic) bond motifs is 1. The molecule has 0 fully saturated rings. The largest absolute Gasteiger partial charge is 0.348 e. The zero-order chi connectivity index (χ0) is 20.3. The molecule has 1 N–H and O–H groups in total. The Balaban J connectivity index is 1.45. The molecule has 2 heterocycles. The van der Waals surface area contributed by atoms with E-state index >= 15 is 0 Å². The standard InChI is InChI=1S/C22H17N3O3S/c26-22(18-6-5-17-9-11-24-14-19(17)12-18)25-13-16-3-7-20(8-4-16)29(27,28)21-2-1-10-23-15-21/h1-12,14-15H,13H2,(H,25,26). The summed E-state index contributed by atoms with van der Waals surface area (Å²) < 4.78 is 25.2. The van der Waals surface area contributed by atoms with Crippen LogP contribution in [0.3, 0.4) is 0 Å². The molecule has 0 aliphatic heterocycles. The van der Waals surface area contributed by atoms with Crippen molar-refractivity contribution in [2.75, 3.05) is 0 Å². The van der Waals surface area contributed by atoms with Gasteiger partial charge in [0, 0.05) is 42.3 Å². The quantitative estimate of drug-likeness (QED) is 0.552. The van der Waals surface area contributed by atoms with Gasteiger partial charge < -0.3 is 5.32 Å². The fraction of sp³-hybridized carbons (Fsp3) is 0.0455. The average Bonchev–Trinajstić information content (AvgIpc) is 2.78. The first kappa shape index (κ1) is 18.8. The molecule has 29 heavy (non-hydrogen) atoms. The second kappa shape index (κ2) is 7.81. The summed E-state index contributed by atoms with van der Waals surface area (Å²) >= 11 is 0. The highest BCUT2D eigenvalue weighted by molar-refractivity contribution is 7.91. The summed E-state index contributed by atoms with van der Waals surface area (Å²) in [6, 6.07) is 16.9. The Morgan fingerprint density at radius 3 is 2.38 bits per heavy atom. The summed E-state index contributed by atoms with van der Waals surface area (Å²) in [5, 5.41) is 4.76. The van der Waals surface area contributed by atoms with Crippen LogP contribution in [0.1, 0.15) is 15.9 Å². The van der Waals surface area contributed by atoms with Crippen LogP contribution >= 0.6 is 0 Å². The zero-order valence-electron chi connectivity index (χ0n) is 15.3. The van der Waals surface area contributed by atoms with Crippen LogP contribution in [0.15, 0.2) is 95.2 Å². The first-order valence-electron chi connectivity index (χ1n) is 8.90. The third-order valence-electron chi connectivity index (χ3n) is 4.53. The highest BCUT2D eigenvalue weighted by atomic mass is 32.2. The molecule has 4 rings (SSSR count). The van der Waals surface area contributed by atoms with E-state index in [1.165, 1.54) is 30.6 Å². The number of nitrogens with zero attached hydrogens (tertiary/aromatic N) is 2. The molecule has 4 aromatic rings. The van der Waals surface area contributed by atoms with Gasteiger partial charge in [-0.3, -0.25) is 14.8 Å². The van der Waals surface area contributed by atoms with E-state index in [-0.39, 0.29) is 22.2 Å². The number of nitrogens with one attached hydrogen (secondary N) is 1. The minimum atomic E-state index is -3.61. The van der Waals surface area contributed by atoms with Crippen molar-refractivity contribution in [2.45, 2.75) is 16.3 Å². The number of aromatic nitrogens is 2. The molecule has 1 amide bonds. The van der Waals surface area contributed by atoms with Crippen molar-refractivity contribution in [3.63, 3.8) is 0 Å². The summed E-state index contributed by atoms with van der Waals surface area (Å²) in [5.74, 6) is -0.206. The van der Waals surface area contributed by atoms with Crippen LogP contribution in [0.25, 0.3) is 10.8 Å². The summed E-state index contributed by atoms with van der Waals surface area (Å²) in [4.78, 5) is 20.7. The monoisotopic (exact) mass is 403 g/mol. The van der Waals surface area contributed by atoms with Crippen molar-refractivity contribution in [3.8, 4) is 0 Å². The lowest BCUT2D eigenvalue weighted by Gasteiger charge is -2.08. The smallest absolute Gasteiger partial charge is 0.251 e. The number of hydrogen-bond donors (Lipinski definition) is 1. The minimum absolute atomic E-state index is 0.145. The van der Waals surface area contributed by atoms with Crippen molar-refractivity contribution in [1.82, 2.24) is 15.3 Å². The molecular formula is C22H17N3O3S. The summed E-state index contributed by atoms with van der Waals surface area (Å²) in [7, 11) is -3.61. The molecule has 0 aliphatic carbocycles. The van der Waals surface area contributed by atoms with Crippen molar-refractivity contribution >= 4 is 26.5 Å². The molecule has 0 bridgehead atoms. The second-order valence-corrected chi connectivity index (χ2v) is 8.41. The van der Waals surface area contributed by atoms with Gasteiger partial charge in [0.1, 0.15) is 0 Å². The molecule has 0 atom stereocenters. The number of rotatable bonds is 5. The van der Waals surface area contributed by atoms with Gasteiger partial charge in [-0.2, -0.15) is 0 Å². The topological polar surface area (TPSA) is 89.0 Å². The van der Waals surface area contributed by atoms with E-state index in [9.17, 15) is 13.2 Å². The maximum absolute atomic E-state index is 12.6. The van der Waals surface area contributed by atoms with Gasteiger partial charge in [0.2, 0.25) is 9.84 Å². The zero-order valence-corrected chi connectivity index (χ0v) is 16.1. The van der Waals surface area contributed by atoms with Gasteiger partial charge in [-0.05, 0) is 53.4 Å². The summed E-state index contributed by atoms with van der Waals surface area (Å²) in [6.45, 7) is 0.289. The Morgan fingerprint density at radius 2 is 1.62 bits per heavy atom. The molecule has 144 valence electrons. The Hall–Kier alpha value is -3.58. The lowest BCUT2D eigenvalue weighted by molar-refractivity contribution is 0.0951. The molecule has 0 aliphatic rings. The lowest BCUT2D eigenvalue weighted by atomic mass is 10.1. The van der Waals surface area contributed by atoms with Crippen LogP contribution in [-0.2, 0) is 16.4 Å². The van der Waals surface area contributed by atoms with Gasteiger partial charge in [0.15, 0.2) is 0 Å². The molecule has 0 spiro atoms. The number of benzene rings is 2. The molecule has 6 nitrogen and oxygen atoms in total. The fourth-order valence-electron chi connectivity index (χ4n) is 2.94. The first-order valence-corrected chi connectivity index (χ1v) is 10.4. The Kier molecular flexibility index (Phi) is 5.05. The molecule has 7 heteroatoms. The van der Waals surface area contributed by atoms with Crippen LogP contribution in [0.4, 0.5) is 0 Å². The predicted molar refractivity (Wildman–Crippen MR) is 109 cm³/mol. The predicted octanol–water partition coefficient (Wildman–Crippen LogP) is 3.39. The highest BCUT2D eigenvalue weighted by Gasteiger charge is 2.17. The third kappa shape index (κ3) is 4.00. The first-order chi connectivity index (χ1) is 14.0. The molecule has 0 unspecified atom stereocenters. The maximum atomic E-state index is 12.6. The van der Waals surface area contributed by atoms with Crippen molar-refractivity contribution < 1.29 is 13.2 Å². The number of hydrogen-bond acceptors (Lipinski definition) is 5. The normalized spacial score (nSPS) is 11.3. The van der Waals surface area contributed by atoms with E-state index in [2.05, 4.69) is 15.3 Å². The van der Waals surface area contributed by atoms with Gasteiger partial charge in [-0.25, -0.2) is 8.42 Å². The van der Waals surface area contributed by atoms with Crippen LogP contribution in [0.5, 0.6) is 0 Å². The molecule has 0 saturated heterocycles. The number of sulfone groups is 1. The average molecular weight is 403 g/mol. The van der Waals surface area contributed by atoms with E-state index in [1.807, 2.05) is 12.1 Å². The number of carbonyl (C=O) groups is 1. The van der Waals surface area contributed by atoms with E-state index in [0.717, 1.165) is 16.3 Å². The SMILES string of the molecule is O=C(NCc1ccc(S(=O)(=O)c2cccnc2)cc1)c1ccc2ccncc2c1. The van der Waals surface area contributed by atoms with E-state index < -0.39 is 9.84 Å². The van der Waals surface area contributed by atoms with Gasteiger partial charge in [0.25, 0.3) is 5.91 Å². The van der Waals surface area contributed by atoms with Crippen LogP contribution in [0, 0.1) is 0 Å². The van der Waals surface area contributed by atoms with Gasteiger partial charge in [0.05, 0.1) is 9.79 Å². The van der Waals surface area contributed by atoms with Crippen LogP contribution < -0.4 is 5.32 Å². The van der Waals surface area contributed by atoms with Gasteiger partial charge >= 0.3 is 0 Å². The van der Waals surface area contributed by atoms with Gasteiger partial charge in [-0.1, -0.05) is 18.2 Å². The Morgan fingerprint density at radius 1 is 0.828 bits per heavy atom. The second-order valence-electron chi connectivity index (χ2n) is 6.46. The van der Waals surface area contributed by atoms with Crippen molar-refractivity contribution in [3.05, 3.63) is 96.6 Å². The van der Waals surface area contributed by atoms with Crippen molar-refractivity contribution in [2.24, 2.45) is 0 Å². The summed E-state index contributed by atoms with van der Waals surface area (Å²) in [5.41, 5.74) is 1.34. The minimum Gasteiger partial charge on any atom is -0.348 e. The van der Waals surface area contributed by atoms with E-state index in [1.54, 1.807) is 42.7 Å². The highest BCUT2D eigenvalue weighted by Crippen LogP contribution is 2.20. The number of carbonyl (C=O) groups excluding carboxylic acids is 1. The lowest BCUT2D eigenvalue weighted by Crippen LogP contribution is -2.22. The number of pyridine rings is 2. The van der Waals surface area contributed by atoms with E-state index in [0.29, 0.717) is 5.56 Å². The molecule has 0 radical (unpaired) electrons. The number of amides is 1. The molecule has 0 saturated carbocycles. The van der Waals surface area contributed by atoms with Crippen molar-refractivity contribution in [1.29, 1.82) is 0 Å². The van der Waals surface area contributed by atoms with Crippen LogP contribution in [-0.4, -0.2) is 24.3 Å². The Bertz CT molecular complexity index is 1270. The summed E-state index contributed by atoms with van der Waals surface area (Å²) in [6.07, 6.45) is 6.27. The molecular weight excluding hydrogens is 386 g/mol. The van der Waals surface area contributed by atoms with Crippen LogP contribution in [0.2, 0.25) is 0 Å². The fourth-order valence-corrected chi connectivity index (χ4v) is 4.16.